The number of hydrogen-bond donors (Lipinski definition) is 0. The first-order chi connectivity index (χ1) is 12.9. The maximum absolute atomic E-state index is 12.8. The van der Waals surface area contributed by atoms with E-state index in [2.05, 4.69) is 24.3 Å². The minimum absolute atomic E-state index is 0.1000. The van der Waals surface area contributed by atoms with Gasteiger partial charge in [0.1, 0.15) is 5.60 Å². The molecule has 1 aliphatic heterocycles. The van der Waals surface area contributed by atoms with Gasteiger partial charge >= 0.3 is 6.09 Å². The molecule has 0 unspecified atom stereocenters. The predicted molar refractivity (Wildman–Crippen MR) is 110 cm³/mol. The lowest BCUT2D eigenvalue weighted by Crippen LogP contribution is -2.42. The van der Waals surface area contributed by atoms with Gasteiger partial charge in [-0.1, -0.05) is 37.5 Å². The normalized spacial score (nSPS) is 24.2. The molecule has 4 nitrogen and oxygen atoms in total. The van der Waals surface area contributed by atoms with E-state index in [4.69, 9.17) is 9.47 Å². The number of ether oxygens (including phenoxy) is 2. The second kappa shape index (κ2) is 9.33. The van der Waals surface area contributed by atoms with Crippen molar-refractivity contribution in [1.29, 1.82) is 0 Å². The molecule has 5 heteroatoms. The molecular weight excluding hydrogens is 358 g/mol. The van der Waals surface area contributed by atoms with E-state index in [9.17, 15) is 4.79 Å². The van der Waals surface area contributed by atoms with Gasteiger partial charge in [0, 0.05) is 16.7 Å². The minimum Gasteiger partial charge on any atom is -0.444 e. The smallest absolute Gasteiger partial charge is 0.410 e. The average molecular weight is 392 g/mol. The van der Waals surface area contributed by atoms with E-state index in [0.717, 1.165) is 19.3 Å². The third-order valence-corrected chi connectivity index (χ3v) is 6.35. The van der Waals surface area contributed by atoms with Gasteiger partial charge in [0.2, 0.25) is 0 Å². The molecule has 0 N–H and O–H groups in total. The molecule has 0 spiro atoms. The second-order valence-corrected chi connectivity index (χ2v) is 10.0. The molecule has 1 heterocycles. The molecule has 1 amide bonds. The van der Waals surface area contributed by atoms with Crippen molar-refractivity contribution in [2.24, 2.45) is 0 Å². The second-order valence-electron chi connectivity index (χ2n) is 8.67. The fourth-order valence-corrected chi connectivity index (χ4v) is 5.08. The van der Waals surface area contributed by atoms with E-state index < -0.39 is 5.60 Å². The highest BCUT2D eigenvalue weighted by Crippen LogP contribution is 2.34. The van der Waals surface area contributed by atoms with Crippen molar-refractivity contribution in [3.05, 3.63) is 30.3 Å². The van der Waals surface area contributed by atoms with E-state index in [-0.39, 0.29) is 12.1 Å². The summed E-state index contributed by atoms with van der Waals surface area (Å²) in [6.45, 7) is 7.10. The molecule has 0 radical (unpaired) electrons. The number of amides is 1. The van der Waals surface area contributed by atoms with Crippen LogP contribution in [0.3, 0.4) is 0 Å². The fraction of sp³-hybridized carbons (Fsp3) is 0.682. The van der Waals surface area contributed by atoms with Crippen LogP contribution in [0.5, 0.6) is 0 Å². The number of likely N-dealkylation sites (tertiary alicyclic amines) is 1. The maximum atomic E-state index is 12.8. The summed E-state index contributed by atoms with van der Waals surface area (Å²) < 4.78 is 11.9. The highest BCUT2D eigenvalue weighted by Gasteiger charge is 2.38. The van der Waals surface area contributed by atoms with Crippen LogP contribution in [0, 0.1) is 0 Å². The number of carbonyl (C=O) groups excluding carboxylic acids is 1. The SMILES string of the molecule is CC(C)(C)OC(=O)N1C[C@@H](Sc2ccccc2)C[C@H]1COC1CCCCC1. The Hall–Kier alpha value is -1.20. The standard InChI is InChI=1S/C22H33NO3S/c1-22(2,3)26-21(24)23-15-20(27-19-12-8-5-9-13-19)14-17(23)16-25-18-10-6-4-7-11-18/h5,8-9,12-13,17-18,20H,4,6-7,10-11,14-16H2,1-3H3/t17-,20-/m0/s1. The zero-order valence-corrected chi connectivity index (χ0v) is 17.7. The third kappa shape index (κ3) is 6.42. The van der Waals surface area contributed by atoms with Crippen molar-refractivity contribution in [1.82, 2.24) is 4.90 Å². The van der Waals surface area contributed by atoms with E-state index in [1.807, 2.05) is 43.5 Å². The topological polar surface area (TPSA) is 38.8 Å². The molecule has 150 valence electrons. The highest BCUT2D eigenvalue weighted by atomic mass is 32.2. The zero-order valence-electron chi connectivity index (χ0n) is 16.9. The molecule has 27 heavy (non-hydrogen) atoms. The van der Waals surface area contributed by atoms with Crippen LogP contribution in [0.2, 0.25) is 0 Å². The van der Waals surface area contributed by atoms with Gasteiger partial charge in [0.25, 0.3) is 0 Å². The molecule has 1 saturated heterocycles. The van der Waals surface area contributed by atoms with Gasteiger partial charge in [-0.3, -0.25) is 0 Å². The Morgan fingerprint density at radius 2 is 1.85 bits per heavy atom. The Balaban J connectivity index is 1.61. The number of carbonyl (C=O) groups is 1. The van der Waals surface area contributed by atoms with Crippen LogP contribution in [0.4, 0.5) is 4.79 Å². The maximum Gasteiger partial charge on any atom is 0.410 e. The molecular formula is C22H33NO3S. The van der Waals surface area contributed by atoms with E-state index in [0.29, 0.717) is 24.5 Å². The van der Waals surface area contributed by atoms with Gasteiger partial charge in [-0.05, 0) is 52.2 Å². The summed E-state index contributed by atoms with van der Waals surface area (Å²) >= 11 is 1.85. The van der Waals surface area contributed by atoms with Crippen LogP contribution in [0.1, 0.15) is 59.3 Å². The Labute approximate surface area is 168 Å². The molecule has 1 aromatic carbocycles. The predicted octanol–water partition coefficient (Wildman–Crippen LogP) is 5.51. The van der Waals surface area contributed by atoms with Crippen molar-refractivity contribution in [2.45, 2.75) is 87.2 Å². The number of thioether (sulfide) groups is 1. The Kier molecular flexibility index (Phi) is 7.10. The van der Waals surface area contributed by atoms with Crippen LogP contribution in [0.15, 0.2) is 35.2 Å². The minimum atomic E-state index is -0.476. The first kappa shape index (κ1) is 20.5. The summed E-state index contributed by atoms with van der Waals surface area (Å²) in [6.07, 6.45) is 7.25. The number of rotatable bonds is 5. The molecule has 2 fully saturated rings. The molecule has 0 bridgehead atoms. The van der Waals surface area contributed by atoms with Crippen molar-refractivity contribution >= 4 is 17.9 Å². The van der Waals surface area contributed by atoms with Crippen LogP contribution in [-0.4, -0.2) is 47.1 Å². The Bertz CT molecular complexity index is 595. The van der Waals surface area contributed by atoms with Gasteiger partial charge in [-0.2, -0.15) is 0 Å². The van der Waals surface area contributed by atoms with Crippen molar-refractivity contribution in [2.75, 3.05) is 13.2 Å². The lowest BCUT2D eigenvalue weighted by atomic mass is 9.98. The van der Waals surface area contributed by atoms with Gasteiger partial charge in [0.05, 0.1) is 18.8 Å². The largest absolute Gasteiger partial charge is 0.444 e. The fourth-order valence-electron chi connectivity index (χ4n) is 3.83. The van der Waals surface area contributed by atoms with E-state index >= 15 is 0 Å². The monoisotopic (exact) mass is 391 g/mol. The summed E-state index contributed by atoms with van der Waals surface area (Å²) in [5.41, 5.74) is -0.476. The van der Waals surface area contributed by atoms with E-state index in [1.54, 1.807) is 0 Å². The first-order valence-electron chi connectivity index (χ1n) is 10.2. The van der Waals surface area contributed by atoms with Crippen molar-refractivity contribution in [3.8, 4) is 0 Å². The van der Waals surface area contributed by atoms with Crippen LogP contribution < -0.4 is 0 Å². The van der Waals surface area contributed by atoms with Gasteiger partial charge < -0.3 is 14.4 Å². The Morgan fingerprint density at radius 3 is 2.52 bits per heavy atom. The lowest BCUT2D eigenvalue weighted by Gasteiger charge is -2.30. The van der Waals surface area contributed by atoms with Crippen LogP contribution in [0.25, 0.3) is 0 Å². The first-order valence-corrected chi connectivity index (χ1v) is 11.1. The molecule has 1 saturated carbocycles. The molecule has 0 aromatic heterocycles. The summed E-state index contributed by atoms with van der Waals surface area (Å²) in [7, 11) is 0. The van der Waals surface area contributed by atoms with Crippen molar-refractivity contribution in [3.63, 3.8) is 0 Å². The van der Waals surface area contributed by atoms with Gasteiger partial charge in [-0.15, -0.1) is 11.8 Å². The van der Waals surface area contributed by atoms with Crippen molar-refractivity contribution < 1.29 is 14.3 Å². The summed E-state index contributed by atoms with van der Waals surface area (Å²) in [6, 6.07) is 10.5. The number of hydrogen-bond acceptors (Lipinski definition) is 4. The molecule has 1 aliphatic carbocycles. The third-order valence-electron chi connectivity index (χ3n) is 5.13. The summed E-state index contributed by atoms with van der Waals surface area (Å²) in [4.78, 5) is 15.9. The Morgan fingerprint density at radius 1 is 1.15 bits per heavy atom. The zero-order chi connectivity index (χ0) is 19.3. The average Bonchev–Trinajstić information content (AvgIpc) is 3.03. The molecule has 2 atom stereocenters. The van der Waals surface area contributed by atoms with Gasteiger partial charge in [-0.25, -0.2) is 4.79 Å². The van der Waals surface area contributed by atoms with Crippen LogP contribution in [-0.2, 0) is 9.47 Å². The summed E-state index contributed by atoms with van der Waals surface area (Å²) in [5, 5.41) is 0.375. The highest BCUT2D eigenvalue weighted by molar-refractivity contribution is 8.00. The number of benzene rings is 1. The lowest BCUT2D eigenvalue weighted by molar-refractivity contribution is -0.0144. The molecule has 3 rings (SSSR count). The van der Waals surface area contributed by atoms with Crippen LogP contribution >= 0.6 is 11.8 Å². The summed E-state index contributed by atoms with van der Waals surface area (Å²) in [5.74, 6) is 0. The number of nitrogens with zero attached hydrogens (tertiary/aromatic N) is 1. The van der Waals surface area contributed by atoms with Gasteiger partial charge in [0.15, 0.2) is 0 Å². The molecule has 1 aromatic rings. The van der Waals surface area contributed by atoms with E-state index in [1.165, 1.54) is 24.2 Å². The molecule has 2 aliphatic rings. The quantitative estimate of drug-likeness (QED) is 0.664.